The summed E-state index contributed by atoms with van der Waals surface area (Å²) < 4.78 is 5.40. The van der Waals surface area contributed by atoms with E-state index in [9.17, 15) is 5.11 Å². The Kier molecular flexibility index (Phi) is 4.22. The Morgan fingerprint density at radius 2 is 2.09 bits per heavy atom. The molecule has 116 valence electrons. The van der Waals surface area contributed by atoms with Gasteiger partial charge in [0, 0.05) is 25.7 Å². The molecule has 1 saturated heterocycles. The maximum Gasteiger partial charge on any atom is 0.181 e. The van der Waals surface area contributed by atoms with Gasteiger partial charge in [-0.3, -0.25) is 5.01 Å². The van der Waals surface area contributed by atoms with Crippen LogP contribution in [0.3, 0.4) is 0 Å². The number of hydrogen-bond donors (Lipinski definition) is 1. The van der Waals surface area contributed by atoms with Crippen LogP contribution in [-0.4, -0.2) is 60.0 Å². The van der Waals surface area contributed by atoms with Gasteiger partial charge >= 0.3 is 0 Å². The molecule has 0 unspecified atom stereocenters. The number of aliphatic hydroxyl groups excluding tert-OH is 1. The maximum atomic E-state index is 9.29. The predicted octanol–water partition coefficient (Wildman–Crippen LogP) is 1.03. The van der Waals surface area contributed by atoms with Gasteiger partial charge in [-0.15, -0.1) is 0 Å². The Balaban J connectivity index is 1.94. The van der Waals surface area contributed by atoms with Gasteiger partial charge in [-0.25, -0.2) is 4.99 Å². The summed E-state index contributed by atoms with van der Waals surface area (Å²) in [6.07, 6.45) is 0. The number of nitrogens with zero attached hydrogens (tertiary/aromatic N) is 4. The van der Waals surface area contributed by atoms with Crippen LogP contribution in [-0.2, 0) is 11.3 Å². The van der Waals surface area contributed by atoms with E-state index in [0.717, 1.165) is 35.7 Å². The van der Waals surface area contributed by atoms with Crippen molar-refractivity contribution >= 4 is 11.7 Å². The molecular weight excluding hydrogens is 280 g/mol. The highest BCUT2D eigenvalue weighted by atomic mass is 16.5. The molecule has 0 atom stereocenters. The first-order chi connectivity index (χ1) is 10.7. The Labute approximate surface area is 130 Å². The van der Waals surface area contributed by atoms with E-state index in [1.807, 2.05) is 31.3 Å². The Hall–Kier alpha value is -2.18. The minimum absolute atomic E-state index is 0.00367. The summed E-state index contributed by atoms with van der Waals surface area (Å²) in [4.78, 5) is 6.87. The highest BCUT2D eigenvalue weighted by molar-refractivity contribution is 6.12. The number of aliphatic hydroxyl groups is 1. The molecule has 2 heterocycles. The fraction of sp³-hybridized carbons (Fsp3) is 0.375. The van der Waals surface area contributed by atoms with Gasteiger partial charge in [-0.05, 0) is 11.6 Å². The molecule has 0 bridgehead atoms. The zero-order valence-corrected chi connectivity index (χ0v) is 12.7. The third kappa shape index (κ3) is 2.88. The largest absolute Gasteiger partial charge is 0.392 e. The van der Waals surface area contributed by atoms with Crippen molar-refractivity contribution in [3.63, 3.8) is 0 Å². The van der Waals surface area contributed by atoms with Crippen LogP contribution < -0.4 is 0 Å². The monoisotopic (exact) mass is 300 g/mol. The maximum absolute atomic E-state index is 9.29. The molecule has 2 aliphatic rings. The fourth-order valence-electron chi connectivity index (χ4n) is 2.49. The molecule has 1 aromatic carbocycles. The van der Waals surface area contributed by atoms with E-state index in [-0.39, 0.29) is 6.61 Å². The lowest BCUT2D eigenvalue weighted by molar-refractivity contribution is 0.0675. The summed E-state index contributed by atoms with van der Waals surface area (Å²) in [6, 6.07) is 7.63. The van der Waals surface area contributed by atoms with Crippen molar-refractivity contribution in [3.8, 4) is 0 Å². The molecule has 6 heteroatoms. The fourth-order valence-corrected chi connectivity index (χ4v) is 2.49. The number of amidine groups is 2. The minimum atomic E-state index is 0.00367. The first-order valence-corrected chi connectivity index (χ1v) is 7.32. The molecule has 1 fully saturated rings. The van der Waals surface area contributed by atoms with Crippen LogP contribution in [0.15, 0.2) is 46.6 Å². The number of morpholine rings is 1. The van der Waals surface area contributed by atoms with Gasteiger partial charge in [-0.1, -0.05) is 24.8 Å². The molecule has 6 nitrogen and oxygen atoms in total. The van der Waals surface area contributed by atoms with Crippen molar-refractivity contribution in [3.05, 3.63) is 47.7 Å². The summed E-state index contributed by atoms with van der Waals surface area (Å²) in [5, 5.41) is 15.5. The molecule has 0 spiro atoms. The number of rotatable bonds is 2. The molecule has 3 rings (SSSR count). The summed E-state index contributed by atoms with van der Waals surface area (Å²) >= 11 is 0. The van der Waals surface area contributed by atoms with Gasteiger partial charge < -0.3 is 14.7 Å². The van der Waals surface area contributed by atoms with Gasteiger partial charge in [0.15, 0.2) is 11.7 Å². The first kappa shape index (κ1) is 14.7. The van der Waals surface area contributed by atoms with Crippen LogP contribution in [0.2, 0.25) is 0 Å². The van der Waals surface area contributed by atoms with Crippen LogP contribution in [0, 0.1) is 0 Å². The van der Waals surface area contributed by atoms with E-state index in [1.165, 1.54) is 0 Å². The third-order valence-corrected chi connectivity index (χ3v) is 3.78. The zero-order chi connectivity index (χ0) is 15.5. The van der Waals surface area contributed by atoms with E-state index in [4.69, 9.17) is 9.73 Å². The summed E-state index contributed by atoms with van der Waals surface area (Å²) in [6.45, 7) is 7.08. The number of likely N-dealkylation sites (N-methyl/N-ethyl adjacent to an activating group) is 1. The standard InChI is InChI=1S/C16H20N4O2/c1-12-16(20-6-8-22-9-7-20)17-15(18-19(12)2)14-5-3-4-13(10-14)11-21/h3-5,10,21H,1,6-9,11H2,2H3. The second kappa shape index (κ2) is 6.29. The van der Waals surface area contributed by atoms with Crippen molar-refractivity contribution in [2.24, 2.45) is 10.1 Å². The second-order valence-corrected chi connectivity index (χ2v) is 5.29. The lowest BCUT2D eigenvalue weighted by Gasteiger charge is -2.34. The third-order valence-electron chi connectivity index (χ3n) is 3.78. The molecule has 0 aliphatic carbocycles. The molecule has 0 aromatic heterocycles. The lowest BCUT2D eigenvalue weighted by atomic mass is 10.1. The Morgan fingerprint density at radius 3 is 2.82 bits per heavy atom. The number of aliphatic imine (C=N–C) groups is 1. The summed E-state index contributed by atoms with van der Waals surface area (Å²) in [5.74, 6) is 1.47. The minimum Gasteiger partial charge on any atom is -0.392 e. The normalized spacial score (nSPS) is 19.1. The van der Waals surface area contributed by atoms with E-state index < -0.39 is 0 Å². The molecular formula is C16H20N4O2. The van der Waals surface area contributed by atoms with Crippen LogP contribution in [0.1, 0.15) is 11.1 Å². The molecule has 2 aliphatic heterocycles. The predicted molar refractivity (Wildman–Crippen MR) is 85.6 cm³/mol. The quantitative estimate of drug-likeness (QED) is 0.886. The van der Waals surface area contributed by atoms with Gasteiger partial charge in [0.25, 0.3) is 0 Å². The molecule has 0 saturated carbocycles. The van der Waals surface area contributed by atoms with Crippen LogP contribution in [0.25, 0.3) is 0 Å². The second-order valence-electron chi connectivity index (χ2n) is 5.29. The topological polar surface area (TPSA) is 60.7 Å². The molecule has 1 N–H and O–H groups in total. The van der Waals surface area contributed by atoms with Crippen LogP contribution >= 0.6 is 0 Å². The Morgan fingerprint density at radius 1 is 1.32 bits per heavy atom. The average molecular weight is 300 g/mol. The average Bonchev–Trinajstić information content (AvgIpc) is 2.58. The van der Waals surface area contributed by atoms with Crippen molar-refractivity contribution < 1.29 is 9.84 Å². The van der Waals surface area contributed by atoms with E-state index in [1.54, 1.807) is 5.01 Å². The number of hydrazone groups is 1. The summed E-state index contributed by atoms with van der Waals surface area (Å²) in [7, 11) is 1.87. The molecule has 22 heavy (non-hydrogen) atoms. The van der Waals surface area contributed by atoms with Crippen molar-refractivity contribution in [2.75, 3.05) is 33.4 Å². The van der Waals surface area contributed by atoms with Crippen molar-refractivity contribution in [1.82, 2.24) is 9.91 Å². The van der Waals surface area contributed by atoms with Crippen molar-refractivity contribution in [1.29, 1.82) is 0 Å². The van der Waals surface area contributed by atoms with E-state index in [2.05, 4.69) is 16.6 Å². The SMILES string of the molecule is C=C1C(N2CCOCC2)=NC(c2cccc(CO)c2)=NN1C. The van der Waals surface area contributed by atoms with Gasteiger partial charge in [0.2, 0.25) is 0 Å². The zero-order valence-electron chi connectivity index (χ0n) is 12.7. The Bertz CT molecular complexity index is 633. The molecule has 0 amide bonds. The van der Waals surface area contributed by atoms with Gasteiger partial charge in [0.05, 0.1) is 25.5 Å². The van der Waals surface area contributed by atoms with Gasteiger partial charge in [0.1, 0.15) is 0 Å². The molecule has 1 aromatic rings. The van der Waals surface area contributed by atoms with E-state index >= 15 is 0 Å². The highest BCUT2D eigenvalue weighted by Gasteiger charge is 2.24. The summed E-state index contributed by atoms with van der Waals surface area (Å²) in [5.41, 5.74) is 2.51. The van der Waals surface area contributed by atoms with Crippen molar-refractivity contribution in [2.45, 2.75) is 6.61 Å². The molecule has 0 radical (unpaired) electrons. The smallest absolute Gasteiger partial charge is 0.181 e. The number of ether oxygens (including phenoxy) is 1. The van der Waals surface area contributed by atoms with Gasteiger partial charge in [-0.2, -0.15) is 5.10 Å². The van der Waals surface area contributed by atoms with Crippen LogP contribution in [0.4, 0.5) is 0 Å². The number of benzene rings is 1. The lowest BCUT2D eigenvalue weighted by Crippen LogP contribution is -2.45. The van der Waals surface area contributed by atoms with E-state index in [0.29, 0.717) is 19.0 Å². The first-order valence-electron chi connectivity index (χ1n) is 7.32. The number of hydrogen-bond acceptors (Lipinski definition) is 6. The van der Waals surface area contributed by atoms with Crippen LogP contribution in [0.5, 0.6) is 0 Å². The highest BCUT2D eigenvalue weighted by Crippen LogP contribution is 2.18.